The molecule has 7 nitrogen and oxygen atoms in total. The average molecular weight is 307 g/mol. The zero-order chi connectivity index (χ0) is 16.8. The van der Waals surface area contributed by atoms with Crippen LogP contribution in [0.5, 0.6) is 0 Å². The number of anilines is 1. The van der Waals surface area contributed by atoms with Crippen molar-refractivity contribution in [3.63, 3.8) is 0 Å². The lowest BCUT2D eigenvalue weighted by atomic mass is 10.2. The first-order valence-electron chi connectivity index (χ1n) is 6.55. The Labute approximate surface area is 131 Å². The van der Waals surface area contributed by atoms with Crippen LogP contribution in [0.15, 0.2) is 35.7 Å². The molecule has 0 saturated carbocycles. The Bertz CT molecular complexity index is 874. The Morgan fingerprint density at radius 3 is 2.52 bits per heavy atom. The van der Waals surface area contributed by atoms with Crippen LogP contribution in [-0.4, -0.2) is 15.0 Å². The summed E-state index contributed by atoms with van der Waals surface area (Å²) in [6.07, 6.45) is 2.40. The SMILES string of the molecule is CCc1cn(-c2ccc(NC(C#N)=C(C#N)C#N)c(F)c2)nn1. The van der Waals surface area contributed by atoms with Crippen LogP contribution in [0.1, 0.15) is 12.6 Å². The van der Waals surface area contributed by atoms with Crippen LogP contribution in [0.2, 0.25) is 0 Å². The van der Waals surface area contributed by atoms with E-state index in [4.69, 9.17) is 15.8 Å². The van der Waals surface area contributed by atoms with Crippen molar-refractivity contribution in [2.75, 3.05) is 5.32 Å². The number of hydrogen-bond donors (Lipinski definition) is 1. The second kappa shape index (κ2) is 6.84. The van der Waals surface area contributed by atoms with Gasteiger partial charge in [0, 0.05) is 6.07 Å². The van der Waals surface area contributed by atoms with Crippen LogP contribution in [0.4, 0.5) is 10.1 Å². The van der Waals surface area contributed by atoms with E-state index < -0.39 is 11.4 Å². The molecule has 0 bridgehead atoms. The van der Waals surface area contributed by atoms with E-state index in [1.165, 1.54) is 16.8 Å². The molecule has 0 spiro atoms. The topological polar surface area (TPSA) is 114 Å². The number of halogens is 1. The highest BCUT2D eigenvalue weighted by molar-refractivity contribution is 5.60. The van der Waals surface area contributed by atoms with Gasteiger partial charge in [0.15, 0.2) is 5.57 Å². The Kier molecular flexibility index (Phi) is 4.66. The van der Waals surface area contributed by atoms with Gasteiger partial charge in [0.2, 0.25) is 0 Å². The van der Waals surface area contributed by atoms with Gasteiger partial charge in [-0.05, 0) is 18.6 Å². The third kappa shape index (κ3) is 3.31. The number of benzene rings is 1. The molecule has 112 valence electrons. The number of nitriles is 3. The molecule has 0 aliphatic rings. The van der Waals surface area contributed by atoms with Crippen LogP contribution >= 0.6 is 0 Å². The highest BCUT2D eigenvalue weighted by Crippen LogP contribution is 2.20. The second-order valence-corrected chi connectivity index (χ2v) is 4.38. The first-order valence-corrected chi connectivity index (χ1v) is 6.55. The van der Waals surface area contributed by atoms with Gasteiger partial charge in [-0.15, -0.1) is 5.10 Å². The molecule has 2 aromatic rings. The summed E-state index contributed by atoms with van der Waals surface area (Å²) in [5.41, 5.74) is 0.484. The van der Waals surface area contributed by atoms with E-state index >= 15 is 0 Å². The molecule has 8 heteroatoms. The van der Waals surface area contributed by atoms with Crippen LogP contribution < -0.4 is 5.32 Å². The maximum atomic E-state index is 14.2. The van der Waals surface area contributed by atoms with Crippen LogP contribution in [-0.2, 0) is 6.42 Å². The number of nitrogens with zero attached hydrogens (tertiary/aromatic N) is 6. The molecule has 1 aromatic heterocycles. The number of nitrogens with one attached hydrogen (secondary N) is 1. The van der Waals surface area contributed by atoms with E-state index in [1.807, 2.05) is 6.92 Å². The number of aryl methyl sites for hydroxylation is 1. The minimum Gasteiger partial charge on any atom is -0.343 e. The van der Waals surface area contributed by atoms with Crippen molar-refractivity contribution in [2.24, 2.45) is 0 Å². The average Bonchev–Trinajstić information content (AvgIpc) is 3.05. The summed E-state index contributed by atoms with van der Waals surface area (Å²) in [5.74, 6) is -0.654. The van der Waals surface area contributed by atoms with Gasteiger partial charge in [-0.1, -0.05) is 12.1 Å². The van der Waals surface area contributed by atoms with E-state index in [-0.39, 0.29) is 11.4 Å². The molecule has 0 saturated heterocycles. The van der Waals surface area contributed by atoms with E-state index in [9.17, 15) is 4.39 Å². The molecule has 0 aliphatic heterocycles. The van der Waals surface area contributed by atoms with Crippen LogP contribution in [0, 0.1) is 39.8 Å². The minimum absolute atomic E-state index is 0.0240. The maximum absolute atomic E-state index is 14.2. The van der Waals surface area contributed by atoms with Gasteiger partial charge < -0.3 is 5.32 Å². The van der Waals surface area contributed by atoms with Crippen molar-refractivity contribution < 1.29 is 4.39 Å². The fourth-order valence-corrected chi connectivity index (χ4v) is 1.75. The summed E-state index contributed by atoms with van der Waals surface area (Å²) in [5, 5.41) is 36.7. The molecule has 0 fully saturated rings. The normalized spacial score (nSPS) is 9.35. The van der Waals surface area contributed by atoms with E-state index in [0.717, 1.165) is 5.69 Å². The van der Waals surface area contributed by atoms with Gasteiger partial charge >= 0.3 is 0 Å². The molecule has 1 aromatic carbocycles. The van der Waals surface area contributed by atoms with Crippen molar-refractivity contribution in [1.82, 2.24) is 15.0 Å². The van der Waals surface area contributed by atoms with Gasteiger partial charge in [-0.3, -0.25) is 0 Å². The van der Waals surface area contributed by atoms with E-state index in [0.29, 0.717) is 12.1 Å². The molecule has 1 heterocycles. The van der Waals surface area contributed by atoms with E-state index in [2.05, 4.69) is 15.6 Å². The second-order valence-electron chi connectivity index (χ2n) is 4.38. The maximum Gasteiger partial charge on any atom is 0.163 e. The quantitative estimate of drug-likeness (QED) is 0.866. The van der Waals surface area contributed by atoms with Crippen molar-refractivity contribution in [3.8, 4) is 23.9 Å². The molecular weight excluding hydrogens is 297 g/mol. The first-order chi connectivity index (χ1) is 11.1. The third-order valence-electron chi connectivity index (χ3n) is 2.97. The summed E-state index contributed by atoms with van der Waals surface area (Å²) < 4.78 is 15.6. The largest absolute Gasteiger partial charge is 0.343 e. The molecule has 1 N–H and O–H groups in total. The molecule has 0 aliphatic carbocycles. The zero-order valence-corrected chi connectivity index (χ0v) is 12.1. The first kappa shape index (κ1) is 15.7. The van der Waals surface area contributed by atoms with Crippen molar-refractivity contribution in [1.29, 1.82) is 15.8 Å². The number of aromatic nitrogens is 3. The Morgan fingerprint density at radius 2 is 2.00 bits per heavy atom. The summed E-state index contributed by atoms with van der Waals surface area (Å²) in [6, 6.07) is 9.00. The number of allylic oxidation sites excluding steroid dienone is 2. The Morgan fingerprint density at radius 1 is 1.26 bits per heavy atom. The monoisotopic (exact) mass is 307 g/mol. The van der Waals surface area contributed by atoms with Crippen molar-refractivity contribution >= 4 is 5.69 Å². The number of rotatable bonds is 4. The lowest BCUT2D eigenvalue weighted by molar-refractivity contribution is 0.628. The zero-order valence-electron chi connectivity index (χ0n) is 12.1. The third-order valence-corrected chi connectivity index (χ3v) is 2.97. The molecule has 0 radical (unpaired) electrons. The highest BCUT2D eigenvalue weighted by atomic mass is 19.1. The molecular formula is C15H10FN7. The molecule has 0 unspecified atom stereocenters. The van der Waals surface area contributed by atoms with Gasteiger partial charge in [-0.2, -0.15) is 15.8 Å². The smallest absolute Gasteiger partial charge is 0.163 e. The van der Waals surface area contributed by atoms with Gasteiger partial charge in [0.1, 0.15) is 29.7 Å². The van der Waals surface area contributed by atoms with Gasteiger partial charge in [0.05, 0.1) is 23.3 Å². The standard InChI is InChI=1S/C15H10FN7/c1-2-11-9-23(22-21-11)12-3-4-14(13(16)5-12)20-15(8-19)10(6-17)7-18/h3-5,9,20H,2H2,1H3. The lowest BCUT2D eigenvalue weighted by Crippen LogP contribution is -2.04. The molecule has 0 amide bonds. The van der Waals surface area contributed by atoms with E-state index in [1.54, 1.807) is 30.5 Å². The molecule has 0 atom stereocenters. The fourth-order valence-electron chi connectivity index (χ4n) is 1.75. The van der Waals surface area contributed by atoms with Gasteiger partial charge in [0.25, 0.3) is 0 Å². The Balaban J connectivity index is 2.34. The predicted molar refractivity (Wildman–Crippen MR) is 78.2 cm³/mol. The van der Waals surface area contributed by atoms with Gasteiger partial charge in [-0.25, -0.2) is 9.07 Å². The number of hydrogen-bond acceptors (Lipinski definition) is 6. The Hall–Kier alpha value is -3.70. The minimum atomic E-state index is -0.654. The lowest BCUT2D eigenvalue weighted by Gasteiger charge is -2.08. The van der Waals surface area contributed by atoms with Crippen LogP contribution in [0.3, 0.4) is 0 Å². The predicted octanol–water partition coefficient (Wildman–Crippen LogP) is 2.21. The molecule has 2 rings (SSSR count). The van der Waals surface area contributed by atoms with Crippen molar-refractivity contribution in [2.45, 2.75) is 13.3 Å². The van der Waals surface area contributed by atoms with Crippen molar-refractivity contribution in [3.05, 3.63) is 47.2 Å². The summed E-state index contributed by atoms with van der Waals surface area (Å²) >= 11 is 0. The highest BCUT2D eigenvalue weighted by Gasteiger charge is 2.11. The fraction of sp³-hybridized carbons (Fsp3) is 0.133. The summed E-state index contributed by atoms with van der Waals surface area (Å²) in [7, 11) is 0. The molecule has 23 heavy (non-hydrogen) atoms. The van der Waals surface area contributed by atoms with Crippen LogP contribution in [0.25, 0.3) is 5.69 Å². The summed E-state index contributed by atoms with van der Waals surface area (Å²) in [4.78, 5) is 0. The summed E-state index contributed by atoms with van der Waals surface area (Å²) in [6.45, 7) is 1.93.